The van der Waals surface area contributed by atoms with Crippen molar-refractivity contribution in [1.29, 1.82) is 0 Å². The van der Waals surface area contributed by atoms with Gasteiger partial charge in [0.1, 0.15) is 0 Å². The van der Waals surface area contributed by atoms with E-state index in [1.54, 1.807) is 5.92 Å². The fourth-order valence-electron chi connectivity index (χ4n) is 0.109. The fourth-order valence-corrected chi connectivity index (χ4v) is 0.163. The molecule has 0 heterocycles. The number of nitrogens with zero attached hydrogens (tertiary/aromatic N) is 1. The Morgan fingerprint density at radius 1 is 1.88 bits per heavy atom. The predicted octanol–water partition coefficient (Wildman–Crippen LogP) is 1.92. The summed E-state index contributed by atoms with van der Waals surface area (Å²) in [6.45, 7) is 6.14. The third-order valence-corrected chi connectivity index (χ3v) is 0.656. The number of halogens is 2. The van der Waals surface area contributed by atoms with Gasteiger partial charge in [0, 0.05) is 0 Å². The Labute approximate surface area is 51.6 Å². The minimum Gasteiger partial charge on any atom is -0.221 e. The van der Waals surface area contributed by atoms with E-state index in [0.717, 1.165) is 0 Å². The molecular formula is C5HClFN. The third kappa shape index (κ3) is 1.64. The Morgan fingerprint density at radius 2 is 2.38 bits per heavy atom. The van der Waals surface area contributed by atoms with Crippen LogP contribution in [0.1, 0.15) is 0 Å². The smallest absolute Gasteiger partial charge is 0.221 e. The minimum atomic E-state index is -1.01. The molecule has 0 saturated carbocycles. The molecule has 1 nitrogen and oxygen atoms in total. The van der Waals surface area contributed by atoms with Crippen molar-refractivity contribution in [1.82, 2.24) is 0 Å². The largest absolute Gasteiger partial charge is 0.295 e. The highest BCUT2D eigenvalue weighted by Crippen LogP contribution is 2.09. The van der Waals surface area contributed by atoms with Gasteiger partial charge in [-0.3, -0.25) is 0 Å². The van der Waals surface area contributed by atoms with Crippen molar-refractivity contribution in [2.24, 2.45) is 0 Å². The van der Waals surface area contributed by atoms with Gasteiger partial charge < -0.3 is 0 Å². The minimum absolute atomic E-state index is 0.590. The molecule has 8 heavy (non-hydrogen) atoms. The van der Waals surface area contributed by atoms with Crippen LogP contribution in [0.5, 0.6) is 0 Å². The number of hydrogen-bond acceptors (Lipinski definition) is 0. The van der Waals surface area contributed by atoms with Crippen molar-refractivity contribution in [3.05, 3.63) is 22.4 Å². The lowest BCUT2D eigenvalue weighted by atomic mass is 10.6. The highest BCUT2D eigenvalue weighted by atomic mass is 35.5. The van der Waals surface area contributed by atoms with Crippen LogP contribution in [0.2, 0.25) is 0 Å². The van der Waals surface area contributed by atoms with E-state index in [1.807, 2.05) is 0 Å². The van der Waals surface area contributed by atoms with Gasteiger partial charge >= 0.3 is 0 Å². The average molecular weight is 130 g/mol. The van der Waals surface area contributed by atoms with Crippen LogP contribution in [0.25, 0.3) is 4.85 Å². The summed E-state index contributed by atoms with van der Waals surface area (Å²) in [7, 11) is 0. The first-order valence-corrected chi connectivity index (χ1v) is 1.99. The number of allylic oxidation sites excluding steroid dienone is 1. The first kappa shape index (κ1) is 7.01. The molecule has 0 fully saturated rings. The van der Waals surface area contributed by atoms with Crippen molar-refractivity contribution in [3.63, 3.8) is 0 Å². The Morgan fingerprint density at radius 3 is 2.50 bits per heavy atom. The zero-order valence-corrected chi connectivity index (χ0v) is 4.54. The van der Waals surface area contributed by atoms with Crippen LogP contribution in [-0.2, 0) is 0 Å². The van der Waals surface area contributed by atoms with Gasteiger partial charge in [-0.1, -0.05) is 5.92 Å². The van der Waals surface area contributed by atoms with Crippen molar-refractivity contribution < 1.29 is 4.39 Å². The van der Waals surface area contributed by atoms with Gasteiger partial charge in [-0.2, -0.15) is 0 Å². The van der Waals surface area contributed by atoms with E-state index in [-0.39, 0.29) is 0 Å². The lowest BCUT2D eigenvalue weighted by Gasteiger charge is -1.77. The van der Waals surface area contributed by atoms with E-state index in [9.17, 15) is 4.39 Å². The van der Waals surface area contributed by atoms with E-state index >= 15 is 0 Å². The zero-order chi connectivity index (χ0) is 6.57. The number of terminal acetylenes is 1. The molecule has 0 saturated heterocycles. The van der Waals surface area contributed by atoms with Gasteiger partial charge in [0.05, 0.1) is 6.57 Å². The molecule has 40 valence electrons. The van der Waals surface area contributed by atoms with Crippen molar-refractivity contribution in [3.8, 4) is 12.3 Å². The molecule has 0 rings (SSSR count). The van der Waals surface area contributed by atoms with E-state index in [1.165, 1.54) is 0 Å². The molecule has 0 bridgehead atoms. The van der Waals surface area contributed by atoms with Gasteiger partial charge in [0.25, 0.3) is 5.16 Å². The van der Waals surface area contributed by atoms with Crippen LogP contribution >= 0.6 is 11.6 Å². The Hall–Kier alpha value is -0.990. The van der Waals surface area contributed by atoms with Crippen LogP contribution in [0, 0.1) is 18.9 Å². The molecule has 0 aliphatic heterocycles. The molecule has 0 aromatic carbocycles. The molecule has 0 aliphatic carbocycles. The molecule has 0 N–H and O–H groups in total. The molecule has 3 heteroatoms. The standard InChI is InChI=1S/C5HClFN/c1-3-4(7)5(6)8-2/h1H/b5-4+. The first-order valence-electron chi connectivity index (χ1n) is 1.61. The molecular weight excluding hydrogens is 129 g/mol. The average Bonchev–Trinajstić information content (AvgIpc) is 1.84. The summed E-state index contributed by atoms with van der Waals surface area (Å²) in [6, 6.07) is 0. The van der Waals surface area contributed by atoms with Gasteiger partial charge in [-0.25, -0.2) is 9.24 Å². The van der Waals surface area contributed by atoms with Crippen LogP contribution in [0.4, 0.5) is 4.39 Å². The summed E-state index contributed by atoms with van der Waals surface area (Å²) in [5.41, 5.74) is 0. The van der Waals surface area contributed by atoms with Crippen molar-refractivity contribution in [2.75, 3.05) is 0 Å². The second kappa shape index (κ2) is 3.07. The fraction of sp³-hybridized carbons (Fsp3) is 0. The van der Waals surface area contributed by atoms with Gasteiger partial charge in [-0.15, -0.1) is 18.0 Å². The van der Waals surface area contributed by atoms with Gasteiger partial charge in [0.2, 0.25) is 0 Å². The summed E-state index contributed by atoms with van der Waals surface area (Å²) >= 11 is 4.92. The van der Waals surface area contributed by atoms with E-state index in [4.69, 9.17) is 18.2 Å². The zero-order valence-electron chi connectivity index (χ0n) is 3.78. The Bertz CT molecular complexity index is 171. The third-order valence-electron chi connectivity index (χ3n) is 0.406. The number of rotatable bonds is 0. The summed E-state index contributed by atoms with van der Waals surface area (Å²) in [6.07, 6.45) is 4.54. The summed E-state index contributed by atoms with van der Waals surface area (Å²) < 4.78 is 11.8. The molecule has 0 atom stereocenters. The van der Waals surface area contributed by atoms with Crippen LogP contribution in [-0.4, -0.2) is 0 Å². The highest BCUT2D eigenvalue weighted by molar-refractivity contribution is 6.31. The maximum absolute atomic E-state index is 11.8. The normalized spacial score (nSPS) is 11.0. The molecule has 0 unspecified atom stereocenters. The monoisotopic (exact) mass is 129 g/mol. The molecule has 0 aromatic rings. The molecule has 0 radical (unpaired) electrons. The van der Waals surface area contributed by atoms with Crippen molar-refractivity contribution in [2.45, 2.75) is 0 Å². The van der Waals surface area contributed by atoms with Gasteiger partial charge in [-0.05, 0) is 0 Å². The quantitative estimate of drug-likeness (QED) is 0.267. The topological polar surface area (TPSA) is 4.36 Å². The Balaban J connectivity index is 4.41. The van der Waals surface area contributed by atoms with Crippen LogP contribution in [0.3, 0.4) is 0 Å². The van der Waals surface area contributed by atoms with Crippen LogP contribution in [0.15, 0.2) is 11.0 Å². The molecule has 0 aromatic heterocycles. The van der Waals surface area contributed by atoms with E-state index < -0.39 is 11.0 Å². The molecule has 0 spiro atoms. The molecule has 0 aliphatic rings. The van der Waals surface area contributed by atoms with Crippen molar-refractivity contribution >= 4 is 11.6 Å². The summed E-state index contributed by atoms with van der Waals surface area (Å²) in [5.74, 6) is 0.571. The van der Waals surface area contributed by atoms with Gasteiger partial charge in [0.15, 0.2) is 5.83 Å². The summed E-state index contributed by atoms with van der Waals surface area (Å²) in [4.78, 5) is 2.54. The first-order chi connectivity index (χ1) is 3.72. The second-order valence-electron chi connectivity index (χ2n) is 0.861. The lowest BCUT2D eigenvalue weighted by Crippen LogP contribution is -1.65. The number of hydrogen-bond donors (Lipinski definition) is 0. The highest BCUT2D eigenvalue weighted by Gasteiger charge is 1.95. The Kier molecular flexibility index (Phi) is 2.69. The van der Waals surface area contributed by atoms with E-state index in [2.05, 4.69) is 11.3 Å². The SMILES string of the molecule is [C-]#[N+]/C(Cl)=C(/F)C#C. The maximum Gasteiger partial charge on any atom is 0.295 e. The second-order valence-corrected chi connectivity index (χ2v) is 1.22. The van der Waals surface area contributed by atoms with E-state index in [0.29, 0.717) is 0 Å². The molecule has 0 amide bonds. The maximum atomic E-state index is 11.8. The summed E-state index contributed by atoms with van der Waals surface area (Å²) in [5, 5.41) is -0.590. The van der Waals surface area contributed by atoms with Crippen LogP contribution < -0.4 is 0 Å². The predicted molar refractivity (Wildman–Crippen MR) is 29.4 cm³/mol. The lowest BCUT2D eigenvalue weighted by molar-refractivity contribution is 0.673.